The van der Waals surface area contributed by atoms with Crippen LogP contribution in [-0.2, 0) is 28.7 Å². The third-order valence-corrected chi connectivity index (χ3v) is 9.34. The SMILES string of the molecule is CCOC(=O)C1=C(C)C2[C@H]3C(=O)N(c4ccc(N([O-])O)cc4)C(=O)[C@H]3C1(C)[C@H]1C(=O)N(c3ccc(N([O-])O)cc3)C(=O)[C@@H]21. The molecule has 2 heterocycles. The van der Waals surface area contributed by atoms with Crippen LogP contribution in [0.5, 0.6) is 0 Å². The smallest absolute Gasteiger partial charge is 0.334 e. The Bertz CT molecular complexity index is 1500. The van der Waals surface area contributed by atoms with E-state index in [2.05, 4.69) is 0 Å². The second kappa shape index (κ2) is 9.70. The number of nitrogens with zero attached hydrogens (tertiary/aromatic N) is 4. The number of hydrogen-bond acceptors (Lipinski definition) is 12. The van der Waals surface area contributed by atoms with Gasteiger partial charge in [-0.2, -0.15) is 0 Å². The molecule has 224 valence electrons. The molecule has 2 aromatic rings. The molecule has 43 heavy (non-hydrogen) atoms. The fourth-order valence-electron chi connectivity index (χ4n) is 7.78. The molecule has 1 saturated carbocycles. The molecule has 3 fully saturated rings. The quantitative estimate of drug-likeness (QED) is 0.284. The summed E-state index contributed by atoms with van der Waals surface area (Å²) < 4.78 is 5.35. The minimum Gasteiger partial charge on any atom is -0.733 e. The summed E-state index contributed by atoms with van der Waals surface area (Å²) in [7, 11) is 0. The Morgan fingerprint density at radius 2 is 1.19 bits per heavy atom. The summed E-state index contributed by atoms with van der Waals surface area (Å²) in [6, 6.07) is 10.2. The molecule has 14 heteroatoms. The second-order valence-corrected chi connectivity index (χ2v) is 11.2. The van der Waals surface area contributed by atoms with E-state index in [1.54, 1.807) is 20.8 Å². The molecule has 7 rings (SSSR count). The van der Waals surface area contributed by atoms with E-state index >= 15 is 0 Å². The number of carbonyl (C=O) groups excluding carboxylic acids is 5. The van der Waals surface area contributed by atoms with Gasteiger partial charge in [0.25, 0.3) is 0 Å². The second-order valence-electron chi connectivity index (χ2n) is 11.2. The number of hydrogen-bond donors (Lipinski definition) is 2. The number of rotatable bonds is 6. The van der Waals surface area contributed by atoms with Crippen molar-refractivity contribution in [2.45, 2.75) is 20.8 Å². The maximum absolute atomic E-state index is 14.2. The highest BCUT2D eigenvalue weighted by molar-refractivity contribution is 6.27. The Balaban J connectivity index is 1.49. The number of allylic oxidation sites excluding steroid dienone is 1. The Hall–Kier alpha value is -4.63. The van der Waals surface area contributed by atoms with E-state index in [0.29, 0.717) is 5.57 Å². The lowest BCUT2D eigenvalue weighted by atomic mass is 9.43. The molecule has 0 radical (unpaired) electrons. The van der Waals surface area contributed by atoms with Gasteiger partial charge in [0, 0.05) is 16.9 Å². The molecule has 14 nitrogen and oxygen atoms in total. The lowest BCUT2D eigenvalue weighted by molar-refractivity contribution is -0.155. The lowest BCUT2D eigenvalue weighted by Gasteiger charge is -2.55. The first-order chi connectivity index (χ1) is 20.4. The van der Waals surface area contributed by atoms with Crippen LogP contribution in [0.15, 0.2) is 59.7 Å². The zero-order valence-electron chi connectivity index (χ0n) is 23.2. The van der Waals surface area contributed by atoms with E-state index in [1.165, 1.54) is 48.5 Å². The summed E-state index contributed by atoms with van der Waals surface area (Å²) in [6.07, 6.45) is 0. The molecule has 2 bridgehead atoms. The summed E-state index contributed by atoms with van der Waals surface area (Å²) in [4.78, 5) is 71.8. The number of amides is 4. The Morgan fingerprint density at radius 1 is 0.791 bits per heavy atom. The molecule has 4 amide bonds. The van der Waals surface area contributed by atoms with Crippen molar-refractivity contribution in [3.05, 3.63) is 70.1 Å². The van der Waals surface area contributed by atoms with Crippen molar-refractivity contribution in [1.82, 2.24) is 0 Å². The highest BCUT2D eigenvalue weighted by Gasteiger charge is 2.77. The average molecular weight is 591 g/mol. The molecule has 3 aliphatic carbocycles. The van der Waals surface area contributed by atoms with Crippen molar-refractivity contribution >= 4 is 52.3 Å². The van der Waals surface area contributed by atoms with Crippen LogP contribution >= 0.6 is 0 Å². The topological polar surface area (TPSA) is 194 Å². The molecule has 2 N–H and O–H groups in total. The highest BCUT2D eigenvalue weighted by Crippen LogP contribution is 2.68. The van der Waals surface area contributed by atoms with Gasteiger partial charge in [0.2, 0.25) is 23.6 Å². The number of imide groups is 2. The first kappa shape index (κ1) is 28.5. The zero-order valence-corrected chi connectivity index (χ0v) is 23.2. The predicted molar refractivity (Wildman–Crippen MR) is 148 cm³/mol. The van der Waals surface area contributed by atoms with Gasteiger partial charge in [-0.3, -0.25) is 39.4 Å². The van der Waals surface area contributed by atoms with Crippen molar-refractivity contribution in [3.8, 4) is 0 Å². The summed E-state index contributed by atoms with van der Waals surface area (Å²) in [5.41, 5.74) is -1.15. The minimum absolute atomic E-state index is 0.0123. The van der Waals surface area contributed by atoms with Crippen LogP contribution in [0.2, 0.25) is 0 Å². The Labute approximate surface area is 244 Å². The fraction of sp³-hybridized carbons (Fsp3) is 0.345. The van der Waals surface area contributed by atoms with Crippen LogP contribution in [-0.4, -0.2) is 46.6 Å². The molecular weight excluding hydrogens is 564 g/mol. The molecule has 2 aliphatic heterocycles. The van der Waals surface area contributed by atoms with E-state index in [4.69, 9.17) is 4.74 Å². The third-order valence-electron chi connectivity index (χ3n) is 9.34. The number of anilines is 4. The number of benzene rings is 2. The Kier molecular flexibility index (Phi) is 6.43. The first-order valence-corrected chi connectivity index (χ1v) is 13.5. The van der Waals surface area contributed by atoms with Gasteiger partial charge in [0.15, 0.2) is 0 Å². The van der Waals surface area contributed by atoms with E-state index in [1.807, 2.05) is 0 Å². The predicted octanol–water partition coefficient (Wildman–Crippen LogP) is 2.51. The van der Waals surface area contributed by atoms with E-state index in [9.17, 15) is 44.8 Å². The number of esters is 1. The monoisotopic (exact) mass is 590 g/mol. The molecule has 6 atom stereocenters. The van der Waals surface area contributed by atoms with Crippen molar-refractivity contribution < 1.29 is 39.1 Å². The third kappa shape index (κ3) is 3.70. The zero-order chi connectivity index (χ0) is 31.1. The van der Waals surface area contributed by atoms with E-state index in [0.717, 1.165) is 9.80 Å². The molecule has 2 saturated heterocycles. The van der Waals surface area contributed by atoms with Gasteiger partial charge in [0.05, 0.1) is 53.0 Å². The van der Waals surface area contributed by atoms with Crippen LogP contribution in [0, 0.1) is 45.4 Å². The summed E-state index contributed by atoms with van der Waals surface area (Å²) in [5, 5.41) is 40.2. The largest absolute Gasteiger partial charge is 0.733 e. The van der Waals surface area contributed by atoms with Crippen LogP contribution in [0.1, 0.15) is 20.8 Å². The number of carbonyl (C=O) groups is 5. The van der Waals surface area contributed by atoms with Crippen molar-refractivity contribution in [3.63, 3.8) is 0 Å². The van der Waals surface area contributed by atoms with Crippen LogP contribution in [0.4, 0.5) is 22.7 Å². The van der Waals surface area contributed by atoms with Gasteiger partial charge in [-0.15, -0.1) is 0 Å². The van der Waals surface area contributed by atoms with Crippen LogP contribution in [0.25, 0.3) is 0 Å². The summed E-state index contributed by atoms with van der Waals surface area (Å²) in [6.45, 7) is 4.78. The number of ether oxygens (including phenoxy) is 1. The maximum atomic E-state index is 14.2. The van der Waals surface area contributed by atoms with Gasteiger partial charge < -0.3 is 25.6 Å². The van der Waals surface area contributed by atoms with Crippen molar-refractivity contribution in [2.75, 3.05) is 26.9 Å². The summed E-state index contributed by atoms with van der Waals surface area (Å²) in [5.74, 6) is -8.85. The van der Waals surface area contributed by atoms with Gasteiger partial charge >= 0.3 is 5.97 Å². The molecule has 2 aromatic carbocycles. The highest BCUT2D eigenvalue weighted by atomic mass is 16.8. The van der Waals surface area contributed by atoms with Gasteiger partial charge in [0.1, 0.15) is 0 Å². The summed E-state index contributed by atoms with van der Waals surface area (Å²) >= 11 is 0. The standard InChI is InChI=1S/C29H26N4O10/c1-4-43-28(38)21-13(2)18-19-22(26(36)30(24(19)34)14-5-9-16(10-6-14)32(39)40)29(21,3)23-20(18)25(35)31(27(23)37)15-7-11-17(12-8-15)33(41)42/h5-12,18-20,22-23,39,41H,4H2,1-3H3/q-2/t18?,19-,20+,22+,23-,29?. The van der Waals surface area contributed by atoms with Crippen molar-refractivity contribution in [2.24, 2.45) is 35.0 Å². The van der Waals surface area contributed by atoms with Crippen LogP contribution in [0.3, 0.4) is 0 Å². The van der Waals surface area contributed by atoms with Crippen LogP contribution < -0.4 is 20.3 Å². The maximum Gasteiger partial charge on any atom is 0.334 e. The fourth-order valence-corrected chi connectivity index (χ4v) is 7.78. The Morgan fingerprint density at radius 3 is 1.53 bits per heavy atom. The molecule has 0 aromatic heterocycles. The van der Waals surface area contributed by atoms with Gasteiger partial charge in [-0.25, -0.2) is 4.79 Å². The molecule has 0 spiro atoms. The lowest BCUT2D eigenvalue weighted by Crippen LogP contribution is -2.61. The molecule has 5 aliphatic rings. The van der Waals surface area contributed by atoms with Gasteiger partial charge in [-0.05, 0) is 62.4 Å². The minimum atomic E-state index is -1.61. The average Bonchev–Trinajstić information content (AvgIpc) is 3.39. The van der Waals surface area contributed by atoms with E-state index < -0.39 is 64.6 Å². The molecule has 2 unspecified atom stereocenters. The van der Waals surface area contributed by atoms with Gasteiger partial charge in [-0.1, -0.05) is 12.5 Å². The normalized spacial score (nSPS) is 29.3. The first-order valence-electron chi connectivity index (χ1n) is 13.5. The molecular formula is C29H26N4O10-2. The van der Waals surface area contributed by atoms with Crippen molar-refractivity contribution in [1.29, 1.82) is 0 Å². The van der Waals surface area contributed by atoms with E-state index in [-0.39, 0.29) is 45.4 Å².